The summed E-state index contributed by atoms with van der Waals surface area (Å²) in [6.07, 6.45) is 7.60. The molecule has 2 aliphatic rings. The van der Waals surface area contributed by atoms with Crippen LogP contribution in [0.3, 0.4) is 0 Å². The Hall–Kier alpha value is -1.88. The molecule has 0 aromatic heterocycles. The van der Waals surface area contributed by atoms with Gasteiger partial charge in [-0.2, -0.15) is 0 Å². The average molecular weight is 212 g/mol. The van der Waals surface area contributed by atoms with Gasteiger partial charge in [0.2, 0.25) is 6.79 Å². The maximum atomic E-state index is 5.44. The lowest BCUT2D eigenvalue weighted by Gasteiger charge is -2.15. The van der Waals surface area contributed by atoms with E-state index in [9.17, 15) is 0 Å². The molecule has 16 heavy (non-hydrogen) atoms. The van der Waals surface area contributed by atoms with E-state index in [1.807, 2.05) is 12.1 Å². The first-order chi connectivity index (χ1) is 7.76. The molecule has 0 radical (unpaired) electrons. The Kier molecular flexibility index (Phi) is 1.79. The van der Waals surface area contributed by atoms with Crippen LogP contribution < -0.4 is 9.47 Å². The van der Waals surface area contributed by atoms with Crippen molar-refractivity contribution in [3.05, 3.63) is 35.9 Å². The first-order valence-corrected chi connectivity index (χ1v) is 5.32. The fourth-order valence-electron chi connectivity index (χ4n) is 2.22. The van der Waals surface area contributed by atoms with Crippen molar-refractivity contribution in [3.63, 3.8) is 0 Å². The summed E-state index contributed by atoms with van der Waals surface area (Å²) >= 11 is 0. The minimum Gasteiger partial charge on any atom is -0.454 e. The first-order valence-electron chi connectivity index (χ1n) is 5.32. The zero-order chi connectivity index (χ0) is 11.2. The smallest absolute Gasteiger partial charge is 0.231 e. The monoisotopic (exact) mass is 212 g/mol. The van der Waals surface area contributed by atoms with Crippen molar-refractivity contribution in [2.24, 2.45) is 0 Å². The summed E-state index contributed by atoms with van der Waals surface area (Å²) < 4.78 is 10.7. The summed E-state index contributed by atoms with van der Waals surface area (Å²) in [4.78, 5) is 0. The van der Waals surface area contributed by atoms with Gasteiger partial charge in [0.1, 0.15) is 0 Å². The maximum absolute atomic E-state index is 5.44. The lowest BCUT2D eigenvalue weighted by atomic mass is 9.89. The lowest BCUT2D eigenvalue weighted by Crippen LogP contribution is -2.08. The van der Waals surface area contributed by atoms with E-state index in [0.29, 0.717) is 6.79 Å². The van der Waals surface area contributed by atoms with Crippen LogP contribution in [0.15, 0.2) is 30.4 Å². The van der Waals surface area contributed by atoms with E-state index in [1.165, 1.54) is 5.56 Å². The third kappa shape index (κ3) is 1.15. The summed E-state index contributed by atoms with van der Waals surface area (Å²) in [6.45, 7) is 4.28. The Bertz CT molecular complexity index is 504. The van der Waals surface area contributed by atoms with Crippen LogP contribution in [0.2, 0.25) is 0 Å². The van der Waals surface area contributed by atoms with E-state index in [2.05, 4.69) is 18.6 Å². The molecular weight excluding hydrogens is 200 g/mol. The summed E-state index contributed by atoms with van der Waals surface area (Å²) in [6, 6.07) is 6.03. The molecule has 2 nitrogen and oxygen atoms in total. The van der Waals surface area contributed by atoms with E-state index in [-0.39, 0.29) is 5.41 Å². The van der Waals surface area contributed by atoms with Crippen LogP contribution in [0.25, 0.3) is 0 Å². The Labute approximate surface area is 94.9 Å². The van der Waals surface area contributed by atoms with Gasteiger partial charge in [-0.15, -0.1) is 6.42 Å². The van der Waals surface area contributed by atoms with E-state index >= 15 is 0 Å². The van der Waals surface area contributed by atoms with Gasteiger partial charge in [-0.1, -0.05) is 18.6 Å². The predicted octanol–water partition coefficient (Wildman–Crippen LogP) is 2.64. The highest BCUT2D eigenvalue weighted by atomic mass is 16.7. The SMILES string of the molecule is C#CC(=C)C1(c2ccc3c(c2)OCO3)CC1. The van der Waals surface area contributed by atoms with Crippen LogP contribution in [0.1, 0.15) is 18.4 Å². The van der Waals surface area contributed by atoms with Gasteiger partial charge in [0.05, 0.1) is 0 Å². The molecule has 0 amide bonds. The van der Waals surface area contributed by atoms with Gasteiger partial charge in [0.15, 0.2) is 11.5 Å². The van der Waals surface area contributed by atoms with Gasteiger partial charge < -0.3 is 9.47 Å². The van der Waals surface area contributed by atoms with Gasteiger partial charge in [0.25, 0.3) is 0 Å². The molecule has 1 aromatic carbocycles. The van der Waals surface area contributed by atoms with Crippen molar-refractivity contribution in [3.8, 4) is 23.8 Å². The van der Waals surface area contributed by atoms with Crippen molar-refractivity contribution < 1.29 is 9.47 Å². The third-order valence-corrected chi connectivity index (χ3v) is 3.43. The molecule has 1 aromatic rings. The third-order valence-electron chi connectivity index (χ3n) is 3.43. The molecule has 1 aliphatic heterocycles. The number of ether oxygens (including phenoxy) is 2. The fourth-order valence-corrected chi connectivity index (χ4v) is 2.22. The average Bonchev–Trinajstić information content (AvgIpc) is 3.00. The predicted molar refractivity (Wildman–Crippen MR) is 61.5 cm³/mol. The van der Waals surface area contributed by atoms with Gasteiger partial charge in [0, 0.05) is 11.0 Å². The molecule has 3 rings (SSSR count). The second-order valence-corrected chi connectivity index (χ2v) is 4.27. The van der Waals surface area contributed by atoms with Crippen LogP contribution in [-0.4, -0.2) is 6.79 Å². The van der Waals surface area contributed by atoms with Gasteiger partial charge in [-0.3, -0.25) is 0 Å². The van der Waals surface area contributed by atoms with E-state index in [0.717, 1.165) is 29.9 Å². The largest absolute Gasteiger partial charge is 0.454 e. The van der Waals surface area contributed by atoms with Crippen LogP contribution >= 0.6 is 0 Å². The molecule has 2 heteroatoms. The van der Waals surface area contributed by atoms with E-state index in [4.69, 9.17) is 15.9 Å². The molecule has 1 fully saturated rings. The van der Waals surface area contributed by atoms with E-state index < -0.39 is 0 Å². The number of hydrogen-bond acceptors (Lipinski definition) is 2. The van der Waals surface area contributed by atoms with Crippen molar-refractivity contribution in [1.29, 1.82) is 0 Å². The molecule has 0 N–H and O–H groups in total. The number of allylic oxidation sites excluding steroid dienone is 1. The summed E-state index contributed by atoms with van der Waals surface area (Å²) in [7, 11) is 0. The molecular formula is C14H12O2. The second kappa shape index (κ2) is 3.05. The van der Waals surface area contributed by atoms with Crippen LogP contribution in [0, 0.1) is 12.3 Å². The Balaban J connectivity index is 2.03. The topological polar surface area (TPSA) is 18.5 Å². The quantitative estimate of drug-likeness (QED) is 0.702. The highest BCUT2D eigenvalue weighted by Crippen LogP contribution is 2.54. The highest BCUT2D eigenvalue weighted by Gasteiger charge is 2.46. The first kappa shape index (κ1) is 9.35. The fraction of sp³-hybridized carbons (Fsp3) is 0.286. The van der Waals surface area contributed by atoms with Crippen molar-refractivity contribution in [1.82, 2.24) is 0 Å². The van der Waals surface area contributed by atoms with Crippen LogP contribution in [0.4, 0.5) is 0 Å². The van der Waals surface area contributed by atoms with Crippen molar-refractivity contribution in [2.45, 2.75) is 18.3 Å². The van der Waals surface area contributed by atoms with Gasteiger partial charge >= 0.3 is 0 Å². The number of rotatable bonds is 2. The molecule has 0 bridgehead atoms. The zero-order valence-electron chi connectivity index (χ0n) is 8.95. The molecule has 0 spiro atoms. The molecule has 80 valence electrons. The van der Waals surface area contributed by atoms with Crippen LogP contribution in [0.5, 0.6) is 11.5 Å². The molecule has 1 aliphatic carbocycles. The summed E-state index contributed by atoms with van der Waals surface area (Å²) in [5.74, 6) is 4.29. The normalized spacial score (nSPS) is 18.9. The zero-order valence-corrected chi connectivity index (χ0v) is 8.95. The summed E-state index contributed by atoms with van der Waals surface area (Å²) in [5.41, 5.74) is 2.06. The molecule has 0 saturated heterocycles. The molecule has 1 saturated carbocycles. The number of benzene rings is 1. The van der Waals surface area contributed by atoms with Gasteiger partial charge in [-0.25, -0.2) is 0 Å². The van der Waals surface area contributed by atoms with Gasteiger partial charge in [-0.05, 0) is 30.5 Å². The standard InChI is InChI=1S/C14H12O2/c1-3-10(2)14(6-7-14)11-4-5-12-13(8-11)16-9-15-12/h1,4-5,8H,2,6-7,9H2. The Morgan fingerprint density at radius 3 is 2.75 bits per heavy atom. The molecule has 1 heterocycles. The van der Waals surface area contributed by atoms with Crippen molar-refractivity contribution >= 4 is 0 Å². The molecule has 0 atom stereocenters. The number of terminal acetylenes is 1. The summed E-state index contributed by atoms with van der Waals surface area (Å²) in [5, 5.41) is 0. The van der Waals surface area contributed by atoms with Crippen LogP contribution in [-0.2, 0) is 5.41 Å². The minimum absolute atomic E-state index is 0.00424. The second-order valence-electron chi connectivity index (χ2n) is 4.27. The Morgan fingerprint density at radius 2 is 2.06 bits per heavy atom. The van der Waals surface area contributed by atoms with Crippen molar-refractivity contribution in [2.75, 3.05) is 6.79 Å². The van der Waals surface area contributed by atoms with E-state index in [1.54, 1.807) is 0 Å². The Morgan fingerprint density at radius 1 is 1.31 bits per heavy atom. The number of hydrogen-bond donors (Lipinski definition) is 0. The number of fused-ring (bicyclic) bond motifs is 1. The lowest BCUT2D eigenvalue weighted by molar-refractivity contribution is 0.174. The maximum Gasteiger partial charge on any atom is 0.231 e. The minimum atomic E-state index is -0.00424. The highest BCUT2D eigenvalue weighted by molar-refractivity contribution is 5.54. The molecule has 0 unspecified atom stereocenters.